The monoisotopic (exact) mass is 447 g/mol. The van der Waals surface area contributed by atoms with E-state index in [1.807, 2.05) is 0 Å². The van der Waals surface area contributed by atoms with Crippen molar-refractivity contribution in [2.45, 2.75) is 59.7 Å². The molecule has 1 aliphatic rings. The number of hydrogen-bond donors (Lipinski definition) is 1. The Kier molecular flexibility index (Phi) is 7.49. The van der Waals surface area contributed by atoms with Gasteiger partial charge < -0.3 is 14.8 Å². The fourth-order valence-electron chi connectivity index (χ4n) is 3.78. The predicted molar refractivity (Wildman–Crippen MR) is 120 cm³/mol. The molecule has 0 aliphatic carbocycles. The topological polar surface area (TPSA) is 64.6 Å². The summed E-state index contributed by atoms with van der Waals surface area (Å²) in [7, 11) is 0. The van der Waals surface area contributed by atoms with Crippen LogP contribution in [0.3, 0.4) is 0 Å². The van der Waals surface area contributed by atoms with Crippen LogP contribution in [-0.4, -0.2) is 24.6 Å². The first-order valence-corrected chi connectivity index (χ1v) is 11.5. The third-order valence-corrected chi connectivity index (χ3v) is 6.57. The zero-order chi connectivity index (χ0) is 22.7. The van der Waals surface area contributed by atoms with Gasteiger partial charge in [0.2, 0.25) is 5.91 Å². The Morgan fingerprint density at radius 2 is 2.00 bits per heavy atom. The highest BCUT2D eigenvalue weighted by Gasteiger charge is 2.38. The summed E-state index contributed by atoms with van der Waals surface area (Å²) in [6, 6.07) is 5.94. The molecule has 1 N–H and O–H groups in total. The summed E-state index contributed by atoms with van der Waals surface area (Å²) in [5.74, 6) is -0.633. The van der Waals surface area contributed by atoms with Crippen LogP contribution < -0.4 is 5.32 Å². The van der Waals surface area contributed by atoms with E-state index in [9.17, 15) is 14.0 Å². The van der Waals surface area contributed by atoms with Crippen molar-refractivity contribution in [3.63, 3.8) is 0 Å². The zero-order valence-electron chi connectivity index (χ0n) is 18.7. The van der Waals surface area contributed by atoms with Gasteiger partial charge >= 0.3 is 5.97 Å². The highest BCUT2D eigenvalue weighted by molar-refractivity contribution is 7.17. The van der Waals surface area contributed by atoms with Crippen LogP contribution in [-0.2, 0) is 27.1 Å². The first kappa shape index (κ1) is 23.4. The molecule has 7 heteroatoms. The quantitative estimate of drug-likeness (QED) is 0.566. The summed E-state index contributed by atoms with van der Waals surface area (Å²) in [5.41, 5.74) is 1.90. The summed E-state index contributed by atoms with van der Waals surface area (Å²) < 4.78 is 25.2. The molecule has 2 heterocycles. The lowest BCUT2D eigenvalue weighted by Gasteiger charge is -2.34. The molecule has 1 aliphatic heterocycles. The van der Waals surface area contributed by atoms with Crippen LogP contribution in [0.15, 0.2) is 24.3 Å². The maximum atomic E-state index is 13.5. The first-order valence-electron chi connectivity index (χ1n) is 10.7. The maximum absolute atomic E-state index is 13.5. The van der Waals surface area contributed by atoms with Gasteiger partial charge in [-0.25, -0.2) is 9.18 Å². The van der Waals surface area contributed by atoms with Crippen LogP contribution in [0.25, 0.3) is 0 Å². The molecule has 31 heavy (non-hydrogen) atoms. The number of fused-ring (bicyclic) bond motifs is 1. The van der Waals surface area contributed by atoms with Gasteiger partial charge in [0.15, 0.2) is 0 Å². The Morgan fingerprint density at radius 1 is 1.26 bits per heavy atom. The molecule has 0 saturated carbocycles. The third kappa shape index (κ3) is 5.33. The number of ether oxygens (including phenoxy) is 2. The van der Waals surface area contributed by atoms with Crippen molar-refractivity contribution in [3.8, 4) is 0 Å². The van der Waals surface area contributed by atoms with Crippen molar-refractivity contribution in [1.82, 2.24) is 0 Å². The standard InChI is InChI=1S/C24H30FNO4S/c1-6-29-24(28)20-17-12-18(13(2)3)30-21(14(4)5)22(17)31-23(20)26-19(27)11-15-8-7-9-16(25)10-15/h7-10,13-14,18,21H,6,11-12H2,1-5H3,(H,26,27)/t18-,21-/m0/s1. The lowest BCUT2D eigenvalue weighted by Crippen LogP contribution is -2.32. The van der Waals surface area contributed by atoms with Gasteiger partial charge in [-0.1, -0.05) is 39.8 Å². The van der Waals surface area contributed by atoms with E-state index >= 15 is 0 Å². The smallest absolute Gasteiger partial charge is 0.341 e. The molecule has 2 aromatic rings. The van der Waals surface area contributed by atoms with Gasteiger partial charge in [0.05, 0.1) is 30.8 Å². The number of amides is 1. The molecule has 3 rings (SSSR count). The van der Waals surface area contributed by atoms with Crippen LogP contribution in [0.5, 0.6) is 0 Å². The summed E-state index contributed by atoms with van der Waals surface area (Å²) in [4.78, 5) is 26.6. The maximum Gasteiger partial charge on any atom is 0.341 e. The molecule has 1 amide bonds. The molecule has 0 saturated heterocycles. The van der Waals surface area contributed by atoms with Gasteiger partial charge in [0, 0.05) is 11.3 Å². The van der Waals surface area contributed by atoms with E-state index < -0.39 is 5.97 Å². The minimum Gasteiger partial charge on any atom is -0.462 e. The number of esters is 1. The second-order valence-electron chi connectivity index (χ2n) is 8.51. The number of hydrogen-bond acceptors (Lipinski definition) is 5. The first-order chi connectivity index (χ1) is 14.7. The number of benzene rings is 1. The summed E-state index contributed by atoms with van der Waals surface area (Å²) in [5, 5.41) is 3.35. The van der Waals surface area contributed by atoms with Gasteiger partial charge in [-0.05, 0) is 42.0 Å². The zero-order valence-corrected chi connectivity index (χ0v) is 19.5. The van der Waals surface area contributed by atoms with Crippen LogP contribution >= 0.6 is 11.3 Å². The SMILES string of the molecule is CCOC(=O)c1c(NC(=O)Cc2cccc(F)c2)sc2c1C[C@@H](C(C)C)O[C@H]2C(C)C. The Morgan fingerprint density at radius 3 is 2.61 bits per heavy atom. The average Bonchev–Trinajstić information content (AvgIpc) is 3.04. The largest absolute Gasteiger partial charge is 0.462 e. The summed E-state index contributed by atoms with van der Waals surface area (Å²) in [6.07, 6.45) is 0.448. The molecule has 0 spiro atoms. The summed E-state index contributed by atoms with van der Waals surface area (Å²) >= 11 is 1.38. The van der Waals surface area contributed by atoms with E-state index in [0.29, 0.717) is 22.5 Å². The molecule has 0 radical (unpaired) electrons. The van der Waals surface area contributed by atoms with Crippen LogP contribution in [0.1, 0.15) is 67.1 Å². The molecule has 2 atom stereocenters. The lowest BCUT2D eigenvalue weighted by molar-refractivity contribution is -0.115. The number of carbonyl (C=O) groups is 2. The van der Waals surface area contributed by atoms with Gasteiger partial charge in [-0.2, -0.15) is 0 Å². The molecule has 1 aromatic carbocycles. The second kappa shape index (κ2) is 9.92. The second-order valence-corrected chi connectivity index (χ2v) is 9.56. The van der Waals surface area contributed by atoms with Crippen molar-refractivity contribution < 1.29 is 23.5 Å². The van der Waals surface area contributed by atoms with Crippen molar-refractivity contribution in [2.24, 2.45) is 11.8 Å². The van der Waals surface area contributed by atoms with Gasteiger partial charge in [-0.15, -0.1) is 11.3 Å². The number of anilines is 1. The van der Waals surface area contributed by atoms with E-state index in [1.165, 1.54) is 23.5 Å². The minimum atomic E-state index is -0.437. The average molecular weight is 448 g/mol. The molecule has 5 nitrogen and oxygen atoms in total. The molecule has 168 valence electrons. The Bertz CT molecular complexity index is 953. The van der Waals surface area contributed by atoms with Gasteiger partial charge in [0.1, 0.15) is 10.8 Å². The number of nitrogens with one attached hydrogen (secondary N) is 1. The third-order valence-electron chi connectivity index (χ3n) is 5.36. The van der Waals surface area contributed by atoms with Crippen molar-refractivity contribution in [2.75, 3.05) is 11.9 Å². The molecule has 0 fully saturated rings. The van der Waals surface area contributed by atoms with Crippen LogP contribution in [0.4, 0.5) is 9.39 Å². The van der Waals surface area contributed by atoms with E-state index in [1.54, 1.807) is 19.1 Å². The number of halogens is 1. The Balaban J connectivity index is 1.97. The molecule has 1 aromatic heterocycles. The molecule has 0 unspecified atom stereocenters. The lowest BCUT2D eigenvalue weighted by atomic mass is 9.89. The van der Waals surface area contributed by atoms with Gasteiger partial charge in [0.25, 0.3) is 0 Å². The normalized spacial score (nSPS) is 18.2. The Hall–Kier alpha value is -2.25. The number of carbonyl (C=O) groups excluding carboxylic acids is 2. The Labute approximate surface area is 186 Å². The number of rotatable bonds is 7. The van der Waals surface area contributed by atoms with E-state index in [2.05, 4.69) is 33.0 Å². The highest BCUT2D eigenvalue weighted by Crippen LogP contribution is 2.46. The number of thiophene rings is 1. The van der Waals surface area contributed by atoms with E-state index in [-0.39, 0.29) is 48.8 Å². The van der Waals surface area contributed by atoms with Crippen LogP contribution in [0, 0.1) is 17.7 Å². The van der Waals surface area contributed by atoms with Crippen molar-refractivity contribution in [1.29, 1.82) is 0 Å². The van der Waals surface area contributed by atoms with E-state index in [0.717, 1.165) is 10.4 Å². The highest BCUT2D eigenvalue weighted by atomic mass is 32.1. The minimum absolute atomic E-state index is 0.0152. The predicted octanol–water partition coefficient (Wildman–Crippen LogP) is 5.54. The molecule has 0 bridgehead atoms. The van der Waals surface area contributed by atoms with Crippen molar-refractivity contribution >= 4 is 28.2 Å². The van der Waals surface area contributed by atoms with E-state index in [4.69, 9.17) is 9.47 Å². The molecular weight excluding hydrogens is 417 g/mol. The van der Waals surface area contributed by atoms with Crippen molar-refractivity contribution in [3.05, 3.63) is 51.7 Å². The fraction of sp³-hybridized carbons (Fsp3) is 0.500. The molecular formula is C24H30FNO4S. The fourth-order valence-corrected chi connectivity index (χ4v) is 5.22. The van der Waals surface area contributed by atoms with Crippen LogP contribution in [0.2, 0.25) is 0 Å². The summed E-state index contributed by atoms with van der Waals surface area (Å²) in [6.45, 7) is 10.4. The van der Waals surface area contributed by atoms with Gasteiger partial charge in [-0.3, -0.25) is 4.79 Å².